The fourth-order valence-corrected chi connectivity index (χ4v) is 1.47. The van der Waals surface area contributed by atoms with E-state index in [1.54, 1.807) is 0 Å². The summed E-state index contributed by atoms with van der Waals surface area (Å²) in [7, 11) is 0. The Kier molecular flexibility index (Phi) is 7.41. The van der Waals surface area contributed by atoms with Crippen LogP contribution in [-0.2, 0) is 11.3 Å². The van der Waals surface area contributed by atoms with Crippen LogP contribution in [0.1, 0.15) is 19.4 Å². The Hall–Kier alpha value is -1.10. The maximum Gasteiger partial charge on any atom is 0.119 e. The molecule has 0 saturated heterocycles. The van der Waals surface area contributed by atoms with Crippen molar-refractivity contribution >= 4 is 0 Å². The van der Waals surface area contributed by atoms with Gasteiger partial charge in [-0.1, -0.05) is 19.1 Å². The Morgan fingerprint density at radius 3 is 2.50 bits per heavy atom. The smallest absolute Gasteiger partial charge is 0.119 e. The lowest BCUT2D eigenvalue weighted by Gasteiger charge is -2.12. The molecule has 0 aromatic heterocycles. The van der Waals surface area contributed by atoms with Crippen LogP contribution < -0.4 is 10.1 Å². The lowest BCUT2D eigenvalue weighted by Crippen LogP contribution is -2.23. The normalized spacial score (nSPS) is 12.4. The van der Waals surface area contributed by atoms with Crippen molar-refractivity contribution < 1.29 is 14.6 Å². The summed E-state index contributed by atoms with van der Waals surface area (Å²) in [5, 5.41) is 12.8. The van der Waals surface area contributed by atoms with Gasteiger partial charge in [0, 0.05) is 13.2 Å². The molecular weight excluding hydrogens is 230 g/mol. The molecule has 102 valence electrons. The van der Waals surface area contributed by atoms with Crippen LogP contribution in [0.5, 0.6) is 5.75 Å². The Morgan fingerprint density at radius 2 is 1.89 bits per heavy atom. The summed E-state index contributed by atoms with van der Waals surface area (Å²) in [6.45, 7) is 6.98. The fourth-order valence-electron chi connectivity index (χ4n) is 1.47. The van der Waals surface area contributed by atoms with Gasteiger partial charge < -0.3 is 19.9 Å². The summed E-state index contributed by atoms with van der Waals surface area (Å²) in [4.78, 5) is 0. The van der Waals surface area contributed by atoms with Crippen LogP contribution in [-0.4, -0.2) is 37.6 Å². The Balaban J connectivity index is 2.30. The van der Waals surface area contributed by atoms with Crippen molar-refractivity contribution in [2.45, 2.75) is 26.5 Å². The number of hydrogen-bond acceptors (Lipinski definition) is 4. The van der Waals surface area contributed by atoms with Gasteiger partial charge in [0.2, 0.25) is 0 Å². The summed E-state index contributed by atoms with van der Waals surface area (Å²) >= 11 is 0. The van der Waals surface area contributed by atoms with Crippen molar-refractivity contribution in [3.05, 3.63) is 29.8 Å². The zero-order chi connectivity index (χ0) is 13.2. The van der Waals surface area contributed by atoms with E-state index < -0.39 is 6.10 Å². The second kappa shape index (κ2) is 8.91. The van der Waals surface area contributed by atoms with E-state index in [-0.39, 0.29) is 6.61 Å². The first kappa shape index (κ1) is 15.0. The number of hydrogen-bond donors (Lipinski definition) is 2. The first-order valence-corrected chi connectivity index (χ1v) is 6.44. The molecule has 0 amide bonds. The molecule has 1 rings (SSSR count). The maximum atomic E-state index is 9.55. The van der Waals surface area contributed by atoms with Crippen molar-refractivity contribution in [1.29, 1.82) is 0 Å². The summed E-state index contributed by atoms with van der Waals surface area (Å²) in [5.41, 5.74) is 1.22. The summed E-state index contributed by atoms with van der Waals surface area (Å²) in [5.74, 6) is 0.769. The van der Waals surface area contributed by atoms with E-state index in [1.807, 2.05) is 31.2 Å². The van der Waals surface area contributed by atoms with Crippen molar-refractivity contribution in [2.24, 2.45) is 0 Å². The maximum absolute atomic E-state index is 9.55. The van der Waals surface area contributed by atoms with Gasteiger partial charge in [-0.05, 0) is 31.2 Å². The predicted molar refractivity (Wildman–Crippen MR) is 71.8 cm³/mol. The molecule has 0 spiro atoms. The number of aliphatic hydroxyl groups is 1. The molecule has 0 fully saturated rings. The number of benzene rings is 1. The van der Waals surface area contributed by atoms with E-state index in [4.69, 9.17) is 9.47 Å². The second-order valence-electron chi connectivity index (χ2n) is 4.05. The predicted octanol–water partition coefficient (Wildman–Crippen LogP) is 1.57. The molecule has 0 aliphatic carbocycles. The summed E-state index contributed by atoms with van der Waals surface area (Å²) < 4.78 is 10.6. The summed E-state index contributed by atoms with van der Waals surface area (Å²) in [6, 6.07) is 7.87. The first-order valence-electron chi connectivity index (χ1n) is 6.44. The van der Waals surface area contributed by atoms with Crippen molar-refractivity contribution in [2.75, 3.05) is 26.4 Å². The van der Waals surface area contributed by atoms with Gasteiger partial charge in [0.15, 0.2) is 0 Å². The minimum Gasteiger partial charge on any atom is -0.491 e. The van der Waals surface area contributed by atoms with Crippen LogP contribution in [0.2, 0.25) is 0 Å². The number of nitrogens with one attached hydrogen (secondary N) is 1. The number of ether oxygens (including phenoxy) is 2. The molecule has 0 radical (unpaired) electrons. The molecule has 0 bridgehead atoms. The lowest BCUT2D eigenvalue weighted by atomic mass is 10.2. The van der Waals surface area contributed by atoms with E-state index >= 15 is 0 Å². The molecular formula is C14H23NO3. The van der Waals surface area contributed by atoms with Gasteiger partial charge in [-0.2, -0.15) is 0 Å². The van der Waals surface area contributed by atoms with Gasteiger partial charge in [-0.15, -0.1) is 0 Å². The highest BCUT2D eigenvalue weighted by Gasteiger charge is 2.04. The number of rotatable bonds is 9. The highest BCUT2D eigenvalue weighted by molar-refractivity contribution is 5.27. The van der Waals surface area contributed by atoms with Gasteiger partial charge in [-0.3, -0.25) is 0 Å². The quantitative estimate of drug-likeness (QED) is 0.701. The van der Waals surface area contributed by atoms with Crippen molar-refractivity contribution in [1.82, 2.24) is 5.32 Å². The van der Waals surface area contributed by atoms with Gasteiger partial charge in [0.05, 0.1) is 6.61 Å². The fraction of sp³-hybridized carbons (Fsp3) is 0.571. The lowest BCUT2D eigenvalue weighted by molar-refractivity contribution is 0.0164. The van der Waals surface area contributed by atoms with Crippen LogP contribution in [0.15, 0.2) is 24.3 Å². The van der Waals surface area contributed by atoms with E-state index in [0.717, 1.165) is 18.8 Å². The van der Waals surface area contributed by atoms with Crippen molar-refractivity contribution in [3.63, 3.8) is 0 Å². The molecule has 4 heteroatoms. The SMILES string of the molecule is CCNCc1ccc(OCC(O)COCC)cc1. The van der Waals surface area contributed by atoms with Crippen LogP contribution in [0.4, 0.5) is 0 Å². The van der Waals surface area contributed by atoms with Crippen LogP contribution >= 0.6 is 0 Å². The Labute approximate surface area is 109 Å². The third-order valence-corrected chi connectivity index (χ3v) is 2.46. The van der Waals surface area contributed by atoms with Gasteiger partial charge in [0.1, 0.15) is 18.5 Å². The Morgan fingerprint density at radius 1 is 1.17 bits per heavy atom. The molecule has 4 nitrogen and oxygen atoms in total. The van der Waals surface area contributed by atoms with Crippen LogP contribution in [0.25, 0.3) is 0 Å². The van der Waals surface area contributed by atoms with Crippen LogP contribution in [0, 0.1) is 0 Å². The average Bonchev–Trinajstić information content (AvgIpc) is 2.41. The molecule has 1 unspecified atom stereocenters. The van der Waals surface area contributed by atoms with Gasteiger partial charge >= 0.3 is 0 Å². The van der Waals surface area contributed by atoms with E-state index in [9.17, 15) is 5.11 Å². The second-order valence-corrected chi connectivity index (χ2v) is 4.05. The molecule has 1 aromatic rings. The standard InChI is InChI=1S/C14H23NO3/c1-3-15-9-12-5-7-14(8-6-12)18-11-13(16)10-17-4-2/h5-8,13,15-16H,3-4,9-11H2,1-2H3. The molecule has 2 N–H and O–H groups in total. The third-order valence-electron chi connectivity index (χ3n) is 2.46. The molecule has 0 aliphatic rings. The molecule has 0 heterocycles. The largest absolute Gasteiger partial charge is 0.491 e. The van der Waals surface area contributed by atoms with Crippen molar-refractivity contribution in [3.8, 4) is 5.75 Å². The number of aliphatic hydroxyl groups excluding tert-OH is 1. The highest BCUT2D eigenvalue weighted by atomic mass is 16.5. The molecule has 0 aliphatic heterocycles. The van der Waals surface area contributed by atoms with E-state index in [1.165, 1.54) is 5.56 Å². The van der Waals surface area contributed by atoms with Gasteiger partial charge in [0.25, 0.3) is 0 Å². The molecule has 1 aromatic carbocycles. The highest BCUT2D eigenvalue weighted by Crippen LogP contribution is 2.12. The molecule has 0 saturated carbocycles. The van der Waals surface area contributed by atoms with E-state index in [2.05, 4.69) is 12.2 Å². The minimum atomic E-state index is -0.577. The van der Waals surface area contributed by atoms with Crippen LogP contribution in [0.3, 0.4) is 0 Å². The van der Waals surface area contributed by atoms with Gasteiger partial charge in [-0.25, -0.2) is 0 Å². The summed E-state index contributed by atoms with van der Waals surface area (Å²) in [6.07, 6.45) is -0.577. The third kappa shape index (κ3) is 6.00. The molecule has 1 atom stereocenters. The zero-order valence-corrected chi connectivity index (χ0v) is 11.2. The molecule has 18 heavy (non-hydrogen) atoms. The zero-order valence-electron chi connectivity index (χ0n) is 11.2. The van der Waals surface area contributed by atoms with E-state index in [0.29, 0.717) is 13.2 Å². The Bertz CT molecular complexity index is 313. The first-order chi connectivity index (χ1) is 8.76. The topological polar surface area (TPSA) is 50.7 Å². The minimum absolute atomic E-state index is 0.257. The monoisotopic (exact) mass is 253 g/mol. The average molecular weight is 253 g/mol.